The molecule has 1 aromatic heterocycles. The van der Waals surface area contributed by atoms with Gasteiger partial charge in [-0.25, -0.2) is 9.59 Å². The molecule has 26 heavy (non-hydrogen) atoms. The molecule has 4 N–H and O–H groups in total. The first-order chi connectivity index (χ1) is 12.1. The van der Waals surface area contributed by atoms with Gasteiger partial charge in [-0.2, -0.15) is 13.2 Å². The number of aromatic carboxylic acids is 1. The molecule has 144 valence electrons. The quantitative estimate of drug-likeness (QED) is 0.676. The van der Waals surface area contributed by atoms with Crippen molar-refractivity contribution in [2.45, 2.75) is 12.3 Å². The first-order valence-corrected chi connectivity index (χ1v) is 7.15. The summed E-state index contributed by atoms with van der Waals surface area (Å²) >= 11 is 0. The first-order valence-electron chi connectivity index (χ1n) is 7.15. The van der Waals surface area contributed by atoms with E-state index in [1.165, 1.54) is 18.5 Å². The highest BCUT2D eigenvalue weighted by Crippen LogP contribution is 2.13. The molecule has 0 bridgehead atoms. The second-order valence-corrected chi connectivity index (χ2v) is 5.05. The third-order valence-electron chi connectivity index (χ3n) is 3.16. The number of hydrogen-bond acceptors (Lipinski definition) is 6. The lowest BCUT2D eigenvalue weighted by atomic mass is 10.1. The summed E-state index contributed by atoms with van der Waals surface area (Å²) in [4.78, 5) is 37.4. The molecule has 2 rings (SSSR count). The summed E-state index contributed by atoms with van der Waals surface area (Å²) in [5.74, 6) is -4.12. The van der Waals surface area contributed by atoms with Crippen LogP contribution in [0.15, 0.2) is 18.5 Å². The van der Waals surface area contributed by atoms with E-state index in [0.717, 1.165) is 0 Å². The largest absolute Gasteiger partial charge is 0.490 e. The number of nitrogens with two attached hydrogens (primary N) is 1. The predicted molar refractivity (Wildman–Crippen MR) is 79.6 cm³/mol. The van der Waals surface area contributed by atoms with E-state index in [2.05, 4.69) is 4.98 Å². The van der Waals surface area contributed by atoms with E-state index in [4.69, 9.17) is 25.5 Å². The Labute approximate surface area is 145 Å². The van der Waals surface area contributed by atoms with Crippen molar-refractivity contribution < 1.29 is 42.5 Å². The molecule has 2 heterocycles. The summed E-state index contributed by atoms with van der Waals surface area (Å²) in [5, 5.41) is 16.0. The molecule has 1 atom stereocenters. The monoisotopic (exact) mass is 379 g/mol. The van der Waals surface area contributed by atoms with E-state index in [-0.39, 0.29) is 23.1 Å². The number of hydrogen-bond donors (Lipinski definition) is 3. The maximum atomic E-state index is 12.2. The predicted octanol–water partition coefficient (Wildman–Crippen LogP) is 0.213. The van der Waals surface area contributed by atoms with Crippen LogP contribution in [0.25, 0.3) is 0 Å². The van der Waals surface area contributed by atoms with Crippen LogP contribution in [0.1, 0.15) is 20.7 Å². The molecule has 1 aliphatic heterocycles. The maximum Gasteiger partial charge on any atom is 0.490 e. The summed E-state index contributed by atoms with van der Waals surface area (Å²) in [5.41, 5.74) is 5.77. The lowest BCUT2D eigenvalue weighted by molar-refractivity contribution is -0.192. The van der Waals surface area contributed by atoms with Gasteiger partial charge in [0.2, 0.25) is 0 Å². The summed E-state index contributed by atoms with van der Waals surface area (Å²) < 4.78 is 37.1. The standard InChI is InChI=1S/C12H15N3O4.C2HF3O2/c13-4-10-7-15(1-2-19-10)11(16)8-3-9(12(17)18)6-14-5-8;3-2(4,5)1(6)7/h3,5-6,10H,1-2,4,7,13H2,(H,17,18);(H,6,7). The topological polar surface area (TPSA) is 143 Å². The molecule has 0 aromatic carbocycles. The van der Waals surface area contributed by atoms with Gasteiger partial charge in [-0.3, -0.25) is 9.78 Å². The fraction of sp³-hybridized carbons (Fsp3) is 0.429. The third-order valence-corrected chi connectivity index (χ3v) is 3.16. The molecular formula is C14H16F3N3O6. The zero-order valence-electron chi connectivity index (χ0n) is 13.3. The molecule has 1 fully saturated rings. The number of alkyl halides is 3. The van der Waals surface area contributed by atoms with Gasteiger partial charge in [0.05, 0.1) is 23.8 Å². The van der Waals surface area contributed by atoms with Crippen molar-refractivity contribution in [1.82, 2.24) is 9.88 Å². The zero-order valence-corrected chi connectivity index (χ0v) is 13.3. The molecule has 0 radical (unpaired) electrons. The molecule has 0 saturated carbocycles. The van der Waals surface area contributed by atoms with Crippen molar-refractivity contribution in [3.63, 3.8) is 0 Å². The smallest absolute Gasteiger partial charge is 0.478 e. The van der Waals surface area contributed by atoms with E-state index in [9.17, 15) is 22.8 Å². The summed E-state index contributed by atoms with van der Waals surface area (Å²) in [7, 11) is 0. The highest BCUT2D eigenvalue weighted by atomic mass is 19.4. The third kappa shape index (κ3) is 6.29. The van der Waals surface area contributed by atoms with Crippen LogP contribution in [0.3, 0.4) is 0 Å². The van der Waals surface area contributed by atoms with Crippen molar-refractivity contribution in [2.75, 3.05) is 26.2 Å². The van der Waals surface area contributed by atoms with Crippen LogP contribution in [-0.4, -0.2) is 76.5 Å². The Morgan fingerprint density at radius 2 is 1.85 bits per heavy atom. The number of ether oxygens (including phenoxy) is 1. The average Bonchev–Trinajstić information content (AvgIpc) is 2.61. The molecule has 0 aliphatic carbocycles. The lowest BCUT2D eigenvalue weighted by Crippen LogP contribution is -2.48. The molecule has 0 spiro atoms. The molecule has 1 unspecified atom stereocenters. The number of halogens is 3. The molecule has 1 amide bonds. The number of carboxylic acid groups (broad SMARTS) is 2. The van der Waals surface area contributed by atoms with Crippen LogP contribution in [0.4, 0.5) is 13.2 Å². The Balaban J connectivity index is 0.000000412. The van der Waals surface area contributed by atoms with Crippen molar-refractivity contribution >= 4 is 17.8 Å². The van der Waals surface area contributed by atoms with E-state index < -0.39 is 18.1 Å². The van der Waals surface area contributed by atoms with Gasteiger partial charge in [0.15, 0.2) is 0 Å². The summed E-state index contributed by atoms with van der Waals surface area (Å²) in [6, 6.07) is 1.32. The van der Waals surface area contributed by atoms with E-state index in [1.807, 2.05) is 0 Å². The van der Waals surface area contributed by atoms with Crippen molar-refractivity contribution in [2.24, 2.45) is 5.73 Å². The van der Waals surface area contributed by atoms with E-state index in [0.29, 0.717) is 26.2 Å². The van der Waals surface area contributed by atoms with Gasteiger partial charge < -0.3 is 25.6 Å². The fourth-order valence-corrected chi connectivity index (χ4v) is 1.90. The van der Waals surface area contributed by atoms with Crippen LogP contribution < -0.4 is 5.73 Å². The summed E-state index contributed by atoms with van der Waals surface area (Å²) in [6.07, 6.45) is -2.68. The average molecular weight is 379 g/mol. The number of carbonyl (C=O) groups is 3. The lowest BCUT2D eigenvalue weighted by Gasteiger charge is -2.32. The first kappa shape index (κ1) is 21.3. The zero-order chi connectivity index (χ0) is 19.9. The SMILES string of the molecule is NCC1CN(C(=O)c2cncc(C(=O)O)c2)CCO1.O=C(O)C(F)(F)F. The van der Waals surface area contributed by atoms with E-state index >= 15 is 0 Å². The number of rotatable bonds is 3. The summed E-state index contributed by atoms with van der Waals surface area (Å²) in [6.45, 7) is 1.65. The molecule has 1 saturated heterocycles. The molecule has 1 aliphatic rings. The number of aromatic nitrogens is 1. The normalized spacial score (nSPS) is 17.1. The van der Waals surface area contributed by atoms with Crippen LogP contribution in [-0.2, 0) is 9.53 Å². The highest BCUT2D eigenvalue weighted by Gasteiger charge is 2.38. The van der Waals surface area contributed by atoms with Crippen molar-refractivity contribution in [3.05, 3.63) is 29.6 Å². The van der Waals surface area contributed by atoms with Gasteiger partial charge >= 0.3 is 18.1 Å². The molecule has 1 aromatic rings. The minimum Gasteiger partial charge on any atom is -0.478 e. The van der Waals surface area contributed by atoms with Gasteiger partial charge in [0.25, 0.3) is 5.91 Å². The minimum atomic E-state index is -5.08. The molecular weight excluding hydrogens is 363 g/mol. The van der Waals surface area contributed by atoms with Crippen LogP contribution in [0.2, 0.25) is 0 Å². The number of morpholine rings is 1. The minimum absolute atomic E-state index is 0.00511. The van der Waals surface area contributed by atoms with Gasteiger partial charge in [-0.1, -0.05) is 0 Å². The van der Waals surface area contributed by atoms with Crippen molar-refractivity contribution in [1.29, 1.82) is 0 Å². The number of carbonyl (C=O) groups excluding carboxylic acids is 1. The van der Waals surface area contributed by atoms with E-state index in [1.54, 1.807) is 4.90 Å². The second-order valence-electron chi connectivity index (χ2n) is 5.05. The van der Waals surface area contributed by atoms with Crippen LogP contribution in [0.5, 0.6) is 0 Å². The Kier molecular flexibility index (Phi) is 7.46. The number of carboxylic acids is 2. The number of amides is 1. The maximum absolute atomic E-state index is 12.2. The second kappa shape index (κ2) is 9.10. The molecule has 9 nitrogen and oxygen atoms in total. The fourth-order valence-electron chi connectivity index (χ4n) is 1.90. The van der Waals surface area contributed by atoms with Gasteiger partial charge in [0.1, 0.15) is 0 Å². The Hall–Kier alpha value is -2.73. The van der Waals surface area contributed by atoms with Crippen LogP contribution in [0, 0.1) is 0 Å². The van der Waals surface area contributed by atoms with Crippen molar-refractivity contribution in [3.8, 4) is 0 Å². The Morgan fingerprint density at radius 3 is 2.35 bits per heavy atom. The Bertz CT molecular complexity index is 668. The number of nitrogens with zero attached hydrogens (tertiary/aromatic N) is 2. The molecule has 12 heteroatoms. The van der Waals surface area contributed by atoms with Crippen LogP contribution >= 0.6 is 0 Å². The van der Waals surface area contributed by atoms with Gasteiger partial charge in [-0.15, -0.1) is 0 Å². The number of aliphatic carboxylic acids is 1. The number of pyridine rings is 1. The highest BCUT2D eigenvalue weighted by molar-refractivity contribution is 5.97. The Morgan fingerprint density at radius 1 is 1.27 bits per heavy atom. The van der Waals surface area contributed by atoms with Gasteiger partial charge in [-0.05, 0) is 6.07 Å². The van der Waals surface area contributed by atoms with Gasteiger partial charge in [0, 0.05) is 32.0 Å².